The Hall–Kier alpha value is -3.64. The minimum atomic E-state index is -1.82. The second-order valence-corrected chi connectivity index (χ2v) is 4.53. The van der Waals surface area contributed by atoms with Gasteiger partial charge in [0.15, 0.2) is 0 Å². The van der Waals surface area contributed by atoms with Crippen molar-refractivity contribution in [2.45, 2.75) is 6.54 Å². The first-order valence-corrected chi connectivity index (χ1v) is 6.91. The van der Waals surface area contributed by atoms with Crippen LogP contribution in [-0.4, -0.2) is 34.6 Å². The van der Waals surface area contributed by atoms with Crippen molar-refractivity contribution in [3.63, 3.8) is 0 Å². The maximum atomic E-state index is 11.7. The second kappa shape index (κ2) is 10.2. The Bertz CT molecular complexity index is 752. The summed E-state index contributed by atoms with van der Waals surface area (Å²) in [6, 6.07) is 12.4. The monoisotopic (exact) mass is 345 g/mol. The fourth-order valence-corrected chi connectivity index (χ4v) is 1.58. The summed E-state index contributed by atoms with van der Waals surface area (Å²) in [4.78, 5) is 29.9. The van der Waals surface area contributed by atoms with Crippen molar-refractivity contribution in [2.24, 2.45) is 0 Å². The van der Waals surface area contributed by atoms with Gasteiger partial charge in [0.25, 0.3) is 0 Å². The molecule has 130 valence electrons. The van der Waals surface area contributed by atoms with Gasteiger partial charge in [-0.3, -0.25) is 4.79 Å². The van der Waals surface area contributed by atoms with Gasteiger partial charge < -0.3 is 25.3 Å². The highest BCUT2D eigenvalue weighted by Crippen LogP contribution is 2.09. The lowest BCUT2D eigenvalue weighted by Gasteiger charge is -2.06. The van der Waals surface area contributed by atoms with Crippen molar-refractivity contribution in [2.75, 3.05) is 11.9 Å². The lowest BCUT2D eigenvalue weighted by Crippen LogP contribution is -2.27. The van der Waals surface area contributed by atoms with Crippen LogP contribution in [0.15, 0.2) is 47.1 Å². The normalized spacial score (nSPS) is 9.24. The predicted molar refractivity (Wildman–Crippen MR) is 85.5 cm³/mol. The number of hydrogen-bond acceptors (Lipinski definition) is 6. The summed E-state index contributed by atoms with van der Waals surface area (Å²) in [6.45, 7) is 0.677. The van der Waals surface area contributed by atoms with Crippen molar-refractivity contribution in [1.29, 1.82) is 5.26 Å². The number of furan rings is 1. The minimum absolute atomic E-state index is 0.165. The van der Waals surface area contributed by atoms with Crippen LogP contribution in [0.1, 0.15) is 11.3 Å². The summed E-state index contributed by atoms with van der Waals surface area (Å²) >= 11 is 0. The number of nitrogens with zero attached hydrogens (tertiary/aromatic N) is 1. The van der Waals surface area contributed by atoms with Gasteiger partial charge in [-0.05, 0) is 30.3 Å². The van der Waals surface area contributed by atoms with Crippen molar-refractivity contribution >= 4 is 23.5 Å². The SMILES string of the molecule is N#Cc1cccc(NC(=O)CNCc2ccco2)c1.O=C(O)C(=O)O. The third kappa shape index (κ3) is 7.96. The van der Waals surface area contributed by atoms with Gasteiger partial charge in [0.05, 0.1) is 31.0 Å². The largest absolute Gasteiger partial charge is 0.473 e. The van der Waals surface area contributed by atoms with Gasteiger partial charge in [-0.1, -0.05) is 6.07 Å². The zero-order valence-electron chi connectivity index (χ0n) is 12.9. The number of aliphatic carboxylic acids is 2. The highest BCUT2D eigenvalue weighted by molar-refractivity contribution is 6.27. The van der Waals surface area contributed by atoms with E-state index in [0.29, 0.717) is 17.8 Å². The number of anilines is 1. The van der Waals surface area contributed by atoms with Gasteiger partial charge in [-0.2, -0.15) is 5.26 Å². The fraction of sp³-hybridized carbons (Fsp3) is 0.125. The van der Waals surface area contributed by atoms with Gasteiger partial charge in [-0.15, -0.1) is 0 Å². The first-order chi connectivity index (χ1) is 11.9. The van der Waals surface area contributed by atoms with E-state index in [0.717, 1.165) is 5.76 Å². The molecule has 2 aromatic rings. The predicted octanol–water partition coefficient (Wildman–Crippen LogP) is 1.04. The molecule has 0 aliphatic rings. The van der Waals surface area contributed by atoms with Crippen molar-refractivity contribution in [3.05, 3.63) is 54.0 Å². The van der Waals surface area contributed by atoms with E-state index in [4.69, 9.17) is 29.5 Å². The Balaban J connectivity index is 0.000000450. The molecule has 0 aliphatic heterocycles. The average Bonchev–Trinajstić information content (AvgIpc) is 3.09. The van der Waals surface area contributed by atoms with Gasteiger partial charge in [0.1, 0.15) is 5.76 Å². The molecule has 0 spiro atoms. The summed E-state index contributed by atoms with van der Waals surface area (Å²) < 4.78 is 5.13. The molecule has 1 aromatic heterocycles. The Morgan fingerprint density at radius 1 is 1.12 bits per heavy atom. The van der Waals surface area contributed by atoms with E-state index in [1.165, 1.54) is 0 Å². The second-order valence-electron chi connectivity index (χ2n) is 4.53. The molecule has 0 saturated carbocycles. The zero-order valence-corrected chi connectivity index (χ0v) is 12.9. The van der Waals surface area contributed by atoms with E-state index in [-0.39, 0.29) is 12.5 Å². The lowest BCUT2D eigenvalue weighted by molar-refractivity contribution is -0.159. The molecule has 1 amide bonds. The smallest absolute Gasteiger partial charge is 0.414 e. The van der Waals surface area contributed by atoms with Crippen LogP contribution in [-0.2, 0) is 20.9 Å². The summed E-state index contributed by atoms with van der Waals surface area (Å²) in [5.74, 6) is -3.04. The average molecular weight is 345 g/mol. The Kier molecular flexibility index (Phi) is 7.91. The quantitative estimate of drug-likeness (QED) is 0.586. The van der Waals surface area contributed by atoms with E-state index < -0.39 is 11.9 Å². The fourth-order valence-electron chi connectivity index (χ4n) is 1.58. The van der Waals surface area contributed by atoms with Gasteiger partial charge in [-0.25, -0.2) is 9.59 Å². The molecule has 4 N–H and O–H groups in total. The van der Waals surface area contributed by atoms with E-state index in [1.807, 2.05) is 12.1 Å². The van der Waals surface area contributed by atoms with Gasteiger partial charge in [0.2, 0.25) is 5.91 Å². The highest BCUT2D eigenvalue weighted by atomic mass is 16.4. The molecular formula is C16H15N3O6. The van der Waals surface area contributed by atoms with E-state index in [1.54, 1.807) is 36.6 Å². The summed E-state index contributed by atoms with van der Waals surface area (Å²) in [7, 11) is 0. The molecule has 0 fully saturated rings. The van der Waals surface area contributed by atoms with Crippen LogP contribution in [0, 0.1) is 11.3 Å². The third-order valence-corrected chi connectivity index (χ3v) is 2.62. The number of carboxylic acid groups (broad SMARTS) is 2. The van der Waals surface area contributed by atoms with Crippen molar-refractivity contribution in [1.82, 2.24) is 5.32 Å². The minimum Gasteiger partial charge on any atom is -0.473 e. The maximum absolute atomic E-state index is 11.7. The first kappa shape index (κ1) is 19.4. The number of nitriles is 1. The Morgan fingerprint density at radius 3 is 2.40 bits per heavy atom. The molecule has 9 nitrogen and oxygen atoms in total. The first-order valence-electron chi connectivity index (χ1n) is 6.91. The number of amides is 1. The van der Waals surface area contributed by atoms with E-state index in [9.17, 15) is 4.79 Å². The van der Waals surface area contributed by atoms with Crippen LogP contribution < -0.4 is 10.6 Å². The van der Waals surface area contributed by atoms with Crippen LogP contribution in [0.4, 0.5) is 5.69 Å². The molecule has 1 aromatic carbocycles. The lowest BCUT2D eigenvalue weighted by atomic mass is 10.2. The number of nitrogens with one attached hydrogen (secondary N) is 2. The number of carbonyl (C=O) groups is 3. The molecule has 1 heterocycles. The van der Waals surface area contributed by atoms with Gasteiger partial charge in [0, 0.05) is 5.69 Å². The number of carboxylic acids is 2. The molecule has 0 radical (unpaired) electrons. The van der Waals surface area contributed by atoms with Crippen LogP contribution in [0.25, 0.3) is 0 Å². The Labute approximate surface area is 142 Å². The van der Waals surface area contributed by atoms with E-state index in [2.05, 4.69) is 10.6 Å². The van der Waals surface area contributed by atoms with Crippen LogP contribution in [0.3, 0.4) is 0 Å². The maximum Gasteiger partial charge on any atom is 0.414 e. The zero-order chi connectivity index (χ0) is 18.7. The molecule has 0 bridgehead atoms. The molecule has 0 saturated heterocycles. The number of carbonyl (C=O) groups excluding carboxylic acids is 1. The van der Waals surface area contributed by atoms with Crippen LogP contribution >= 0.6 is 0 Å². The van der Waals surface area contributed by atoms with Crippen LogP contribution in [0.5, 0.6) is 0 Å². The number of rotatable bonds is 5. The molecule has 9 heteroatoms. The third-order valence-electron chi connectivity index (χ3n) is 2.62. The molecule has 0 atom stereocenters. The number of benzene rings is 1. The standard InChI is InChI=1S/C14H13N3O2.C2H2O4/c15-8-11-3-1-4-12(7-11)17-14(18)10-16-9-13-5-2-6-19-13;3-1(4)2(5)6/h1-7,16H,9-10H2,(H,17,18);(H,3,4)(H,5,6). The molecule has 0 aliphatic carbocycles. The van der Waals surface area contributed by atoms with Crippen molar-refractivity contribution < 1.29 is 29.0 Å². The molecule has 25 heavy (non-hydrogen) atoms. The summed E-state index contributed by atoms with van der Waals surface area (Å²) in [6.07, 6.45) is 1.59. The van der Waals surface area contributed by atoms with Crippen molar-refractivity contribution in [3.8, 4) is 6.07 Å². The van der Waals surface area contributed by atoms with Gasteiger partial charge >= 0.3 is 11.9 Å². The summed E-state index contributed by atoms with van der Waals surface area (Å²) in [5, 5.41) is 29.2. The number of hydrogen-bond donors (Lipinski definition) is 4. The highest BCUT2D eigenvalue weighted by Gasteiger charge is 2.04. The molecular weight excluding hydrogens is 330 g/mol. The Morgan fingerprint density at radius 2 is 1.84 bits per heavy atom. The molecule has 2 rings (SSSR count). The summed E-state index contributed by atoms with van der Waals surface area (Å²) in [5.41, 5.74) is 1.13. The van der Waals surface area contributed by atoms with Crippen LogP contribution in [0.2, 0.25) is 0 Å². The van der Waals surface area contributed by atoms with E-state index >= 15 is 0 Å². The molecule has 0 unspecified atom stereocenters. The topological polar surface area (TPSA) is 153 Å².